The summed E-state index contributed by atoms with van der Waals surface area (Å²) in [6.07, 6.45) is 3.20. The summed E-state index contributed by atoms with van der Waals surface area (Å²) in [7, 11) is 0. The van der Waals surface area contributed by atoms with Crippen LogP contribution < -0.4 is 10.6 Å². The number of hydrogen-bond donors (Lipinski definition) is 1. The fourth-order valence-electron chi connectivity index (χ4n) is 4.12. The van der Waals surface area contributed by atoms with Gasteiger partial charge in [0.1, 0.15) is 15.5 Å². The van der Waals surface area contributed by atoms with Crippen LogP contribution in [0.1, 0.15) is 27.3 Å². The van der Waals surface area contributed by atoms with Gasteiger partial charge in [-0.1, -0.05) is 0 Å². The number of nitrogens with two attached hydrogens (primary N) is 1. The van der Waals surface area contributed by atoms with Gasteiger partial charge >= 0.3 is 0 Å². The highest BCUT2D eigenvalue weighted by molar-refractivity contribution is 7.21. The van der Waals surface area contributed by atoms with E-state index in [1.807, 2.05) is 4.90 Å². The molecule has 28 heavy (non-hydrogen) atoms. The number of aryl methyl sites for hydroxylation is 2. The molecule has 0 unspecified atom stereocenters. The first-order chi connectivity index (χ1) is 13.6. The summed E-state index contributed by atoms with van der Waals surface area (Å²) in [5, 5.41) is 0.916. The van der Waals surface area contributed by atoms with Crippen LogP contribution in [0.2, 0.25) is 0 Å². The Morgan fingerprint density at radius 2 is 1.86 bits per heavy atom. The Morgan fingerprint density at radius 3 is 2.61 bits per heavy atom. The average molecular weight is 396 g/mol. The van der Waals surface area contributed by atoms with Crippen LogP contribution in [0.3, 0.4) is 0 Å². The van der Waals surface area contributed by atoms with Crippen molar-refractivity contribution in [1.29, 1.82) is 0 Å². The number of nitrogens with zero attached hydrogens (tertiary/aromatic N) is 3. The van der Waals surface area contributed by atoms with Crippen molar-refractivity contribution < 1.29 is 9.18 Å². The smallest absolute Gasteiger partial charge is 0.266 e. The quantitative estimate of drug-likeness (QED) is 0.721. The number of hydrogen-bond acceptors (Lipinski definition) is 5. The van der Waals surface area contributed by atoms with Gasteiger partial charge in [0, 0.05) is 42.9 Å². The van der Waals surface area contributed by atoms with E-state index in [9.17, 15) is 9.18 Å². The summed E-state index contributed by atoms with van der Waals surface area (Å²) < 4.78 is 13.1. The normalized spacial score (nSPS) is 16.6. The SMILES string of the molecule is Nc1c(C(=O)N2CCN(c3ccc(F)cc3)CC2)sc2nc3c(cc12)CCC3. The minimum absolute atomic E-state index is 0.0144. The molecule has 3 aromatic rings. The van der Waals surface area contributed by atoms with Crippen molar-refractivity contribution in [2.24, 2.45) is 0 Å². The fraction of sp³-hybridized carbons (Fsp3) is 0.333. The predicted molar refractivity (Wildman–Crippen MR) is 111 cm³/mol. The van der Waals surface area contributed by atoms with Crippen LogP contribution in [0.15, 0.2) is 30.3 Å². The highest BCUT2D eigenvalue weighted by Crippen LogP contribution is 2.36. The van der Waals surface area contributed by atoms with Gasteiger partial charge in [-0.05, 0) is 55.2 Å². The third-order valence-electron chi connectivity index (χ3n) is 5.70. The average Bonchev–Trinajstić information content (AvgIpc) is 3.30. The second-order valence-corrected chi connectivity index (χ2v) is 8.40. The number of pyridine rings is 1. The van der Waals surface area contributed by atoms with E-state index in [1.165, 1.54) is 29.0 Å². The summed E-state index contributed by atoms with van der Waals surface area (Å²) >= 11 is 1.41. The lowest BCUT2D eigenvalue weighted by atomic mass is 10.1. The van der Waals surface area contributed by atoms with E-state index in [0.29, 0.717) is 36.7 Å². The number of halogens is 1. The molecular formula is C21H21FN4OS. The van der Waals surface area contributed by atoms with Crippen molar-refractivity contribution in [2.45, 2.75) is 19.3 Å². The molecule has 144 valence electrons. The Kier molecular flexibility index (Phi) is 4.19. The number of aromatic nitrogens is 1. The van der Waals surface area contributed by atoms with Gasteiger partial charge < -0.3 is 15.5 Å². The predicted octanol–water partition coefficient (Wildman–Crippen LogP) is 3.47. The zero-order valence-corrected chi connectivity index (χ0v) is 16.3. The number of carbonyl (C=O) groups is 1. The number of rotatable bonds is 2. The second-order valence-electron chi connectivity index (χ2n) is 7.40. The zero-order valence-electron chi connectivity index (χ0n) is 15.4. The molecule has 1 saturated heterocycles. The fourth-order valence-corrected chi connectivity index (χ4v) is 5.18. The van der Waals surface area contributed by atoms with E-state index in [4.69, 9.17) is 10.7 Å². The monoisotopic (exact) mass is 396 g/mol. The molecule has 5 rings (SSSR count). The first kappa shape index (κ1) is 17.4. The summed E-state index contributed by atoms with van der Waals surface area (Å²) in [4.78, 5) is 23.3. The molecule has 0 spiro atoms. The molecule has 1 aliphatic carbocycles. The van der Waals surface area contributed by atoms with Crippen LogP contribution in [0.25, 0.3) is 10.2 Å². The Labute approximate surface area is 166 Å². The van der Waals surface area contributed by atoms with Gasteiger partial charge in [-0.2, -0.15) is 0 Å². The molecule has 2 aliphatic rings. The van der Waals surface area contributed by atoms with Crippen LogP contribution in [-0.2, 0) is 12.8 Å². The Bertz CT molecular complexity index is 1050. The lowest BCUT2D eigenvalue weighted by Crippen LogP contribution is -2.48. The van der Waals surface area contributed by atoms with E-state index in [1.54, 1.807) is 12.1 Å². The van der Waals surface area contributed by atoms with Gasteiger partial charge in [-0.3, -0.25) is 4.79 Å². The standard InChI is InChI=1S/C21H21FN4OS/c22-14-4-6-15(7-5-14)25-8-10-26(11-9-25)21(27)19-18(23)16-12-13-2-1-3-17(13)24-20(16)28-19/h4-7,12H,1-3,8-11,23H2. The lowest BCUT2D eigenvalue weighted by Gasteiger charge is -2.36. The van der Waals surface area contributed by atoms with Crippen molar-refractivity contribution in [3.63, 3.8) is 0 Å². The summed E-state index contributed by atoms with van der Waals surface area (Å²) in [5.41, 5.74) is 10.3. The number of carbonyl (C=O) groups excluding carboxylic acids is 1. The minimum Gasteiger partial charge on any atom is -0.397 e. The topological polar surface area (TPSA) is 62.5 Å². The van der Waals surface area contributed by atoms with E-state index in [0.717, 1.165) is 40.9 Å². The number of anilines is 2. The summed E-state index contributed by atoms with van der Waals surface area (Å²) in [5.74, 6) is -0.253. The molecule has 0 saturated carbocycles. The molecule has 5 nitrogen and oxygen atoms in total. The maximum Gasteiger partial charge on any atom is 0.266 e. The molecule has 1 aromatic carbocycles. The van der Waals surface area contributed by atoms with Crippen LogP contribution in [0.4, 0.5) is 15.8 Å². The highest BCUT2D eigenvalue weighted by atomic mass is 32.1. The Hall–Kier alpha value is -2.67. The molecular weight excluding hydrogens is 375 g/mol. The van der Waals surface area contributed by atoms with Gasteiger partial charge in [-0.15, -0.1) is 11.3 Å². The molecule has 1 fully saturated rings. The third-order valence-corrected chi connectivity index (χ3v) is 6.81. The van der Waals surface area contributed by atoms with E-state index in [-0.39, 0.29) is 11.7 Å². The van der Waals surface area contributed by atoms with Crippen molar-refractivity contribution in [1.82, 2.24) is 9.88 Å². The van der Waals surface area contributed by atoms with E-state index in [2.05, 4.69) is 11.0 Å². The van der Waals surface area contributed by atoms with Gasteiger partial charge in [-0.25, -0.2) is 9.37 Å². The van der Waals surface area contributed by atoms with Crippen LogP contribution >= 0.6 is 11.3 Å². The molecule has 2 N–H and O–H groups in total. The third kappa shape index (κ3) is 2.90. The minimum atomic E-state index is -0.239. The molecule has 0 radical (unpaired) electrons. The first-order valence-electron chi connectivity index (χ1n) is 9.61. The largest absolute Gasteiger partial charge is 0.397 e. The van der Waals surface area contributed by atoms with Crippen molar-refractivity contribution in [2.75, 3.05) is 36.8 Å². The molecule has 7 heteroatoms. The Morgan fingerprint density at radius 1 is 1.11 bits per heavy atom. The number of nitrogen functional groups attached to an aromatic ring is 1. The van der Waals surface area contributed by atoms with Crippen LogP contribution in [0.5, 0.6) is 0 Å². The molecule has 2 aromatic heterocycles. The highest BCUT2D eigenvalue weighted by Gasteiger charge is 2.27. The van der Waals surface area contributed by atoms with Gasteiger partial charge in [0.15, 0.2) is 0 Å². The number of benzene rings is 1. The van der Waals surface area contributed by atoms with E-state index >= 15 is 0 Å². The second kappa shape index (κ2) is 6.74. The number of amides is 1. The number of fused-ring (bicyclic) bond motifs is 2. The molecule has 3 heterocycles. The molecule has 0 bridgehead atoms. The first-order valence-corrected chi connectivity index (χ1v) is 10.4. The molecule has 0 atom stereocenters. The van der Waals surface area contributed by atoms with Crippen molar-refractivity contribution >= 4 is 38.8 Å². The summed E-state index contributed by atoms with van der Waals surface area (Å²) in [6, 6.07) is 8.62. The lowest BCUT2D eigenvalue weighted by molar-refractivity contribution is 0.0752. The number of thiophene rings is 1. The summed E-state index contributed by atoms with van der Waals surface area (Å²) in [6.45, 7) is 2.67. The number of piperazine rings is 1. The van der Waals surface area contributed by atoms with Gasteiger partial charge in [0.25, 0.3) is 5.91 Å². The van der Waals surface area contributed by atoms with Crippen LogP contribution in [0, 0.1) is 5.82 Å². The maximum atomic E-state index is 13.1. The van der Waals surface area contributed by atoms with Crippen LogP contribution in [-0.4, -0.2) is 42.0 Å². The molecule has 1 aliphatic heterocycles. The maximum absolute atomic E-state index is 13.1. The van der Waals surface area contributed by atoms with E-state index < -0.39 is 0 Å². The van der Waals surface area contributed by atoms with Gasteiger partial charge in [0.05, 0.1) is 5.69 Å². The van der Waals surface area contributed by atoms with Crippen molar-refractivity contribution in [3.05, 3.63) is 52.3 Å². The molecule has 1 amide bonds. The van der Waals surface area contributed by atoms with Gasteiger partial charge in [0.2, 0.25) is 0 Å². The zero-order chi connectivity index (χ0) is 19.3. The Balaban J connectivity index is 1.34. The van der Waals surface area contributed by atoms with Crippen molar-refractivity contribution in [3.8, 4) is 0 Å².